The van der Waals surface area contributed by atoms with E-state index in [1.54, 1.807) is 29.9 Å². The molecule has 0 spiro atoms. The lowest BCUT2D eigenvalue weighted by Gasteiger charge is -2.12. The van der Waals surface area contributed by atoms with Crippen molar-refractivity contribution in [3.63, 3.8) is 0 Å². The van der Waals surface area contributed by atoms with Crippen molar-refractivity contribution in [3.05, 3.63) is 36.3 Å². The van der Waals surface area contributed by atoms with E-state index < -0.39 is 6.04 Å². The van der Waals surface area contributed by atoms with Crippen LogP contribution in [0.1, 0.15) is 12.5 Å². The van der Waals surface area contributed by atoms with Crippen LogP contribution in [-0.2, 0) is 0 Å². The number of fused-ring (bicyclic) bond motifs is 1. The number of pyridine rings is 2. The van der Waals surface area contributed by atoms with Gasteiger partial charge in [0.25, 0.3) is 0 Å². The maximum absolute atomic E-state index is 8.92. The van der Waals surface area contributed by atoms with Crippen LogP contribution >= 0.6 is 0 Å². The molecule has 112 valence electrons. The normalized spacial score (nSPS) is 11.6. The summed E-state index contributed by atoms with van der Waals surface area (Å²) in [6.45, 7) is 1.73. The van der Waals surface area contributed by atoms with Gasteiger partial charge in [-0.1, -0.05) is 0 Å². The molecule has 3 aromatic heterocycles. The van der Waals surface area contributed by atoms with E-state index in [4.69, 9.17) is 16.3 Å². The standard InChI is InChI=1S/C15H12N8/c1-9(4-16)22-13-3-14(19-8-12(13)18)23-15-11(7-21-23)2-10(5-17)6-20-15/h2-3,6-9H,18H2,1H3,(H,19,22). The van der Waals surface area contributed by atoms with E-state index in [-0.39, 0.29) is 0 Å². The molecule has 23 heavy (non-hydrogen) atoms. The molecule has 0 aliphatic rings. The lowest BCUT2D eigenvalue weighted by atomic mass is 10.2. The van der Waals surface area contributed by atoms with E-state index in [9.17, 15) is 0 Å². The topological polar surface area (TPSA) is 129 Å². The van der Waals surface area contributed by atoms with Crippen molar-refractivity contribution >= 4 is 22.4 Å². The number of nitrogens with one attached hydrogen (secondary N) is 1. The number of nitrogens with zero attached hydrogens (tertiary/aromatic N) is 6. The average Bonchev–Trinajstić information content (AvgIpc) is 2.99. The van der Waals surface area contributed by atoms with Crippen molar-refractivity contribution < 1.29 is 0 Å². The van der Waals surface area contributed by atoms with Gasteiger partial charge in [0.2, 0.25) is 0 Å². The lowest BCUT2D eigenvalue weighted by molar-refractivity contribution is 0.862. The lowest BCUT2D eigenvalue weighted by Crippen LogP contribution is -2.14. The van der Waals surface area contributed by atoms with E-state index >= 15 is 0 Å². The third kappa shape index (κ3) is 2.61. The largest absolute Gasteiger partial charge is 0.396 e. The highest BCUT2D eigenvalue weighted by molar-refractivity contribution is 5.78. The minimum atomic E-state index is -0.391. The zero-order valence-electron chi connectivity index (χ0n) is 12.2. The van der Waals surface area contributed by atoms with Crippen molar-refractivity contribution in [1.29, 1.82) is 10.5 Å². The first-order valence-corrected chi connectivity index (χ1v) is 6.78. The average molecular weight is 304 g/mol. The Labute approximate surface area is 131 Å². The molecule has 3 aromatic rings. The third-order valence-corrected chi connectivity index (χ3v) is 3.24. The van der Waals surface area contributed by atoms with Crippen LogP contribution in [0.25, 0.3) is 16.9 Å². The number of hydrogen-bond acceptors (Lipinski definition) is 7. The summed E-state index contributed by atoms with van der Waals surface area (Å²) in [4.78, 5) is 8.51. The Bertz CT molecular complexity index is 960. The highest BCUT2D eigenvalue weighted by atomic mass is 15.3. The first-order valence-electron chi connectivity index (χ1n) is 6.78. The molecule has 1 unspecified atom stereocenters. The van der Waals surface area contributed by atoms with Crippen LogP contribution in [0.15, 0.2) is 30.7 Å². The summed E-state index contributed by atoms with van der Waals surface area (Å²) in [6.07, 6.45) is 4.60. The van der Waals surface area contributed by atoms with Crippen LogP contribution in [0, 0.1) is 22.7 Å². The fraction of sp³-hybridized carbons (Fsp3) is 0.133. The number of rotatable bonds is 3. The maximum Gasteiger partial charge on any atom is 0.164 e. The molecule has 8 heteroatoms. The monoisotopic (exact) mass is 304 g/mol. The molecule has 0 amide bonds. The maximum atomic E-state index is 8.92. The van der Waals surface area contributed by atoms with Crippen LogP contribution in [-0.4, -0.2) is 25.8 Å². The molecule has 0 saturated heterocycles. The van der Waals surface area contributed by atoms with Crippen molar-refractivity contribution in [1.82, 2.24) is 19.7 Å². The van der Waals surface area contributed by atoms with E-state index in [0.717, 1.165) is 5.39 Å². The van der Waals surface area contributed by atoms with Crippen molar-refractivity contribution in [3.8, 4) is 18.0 Å². The molecule has 0 fully saturated rings. The summed E-state index contributed by atoms with van der Waals surface area (Å²) in [5, 5.41) is 25.8. The zero-order valence-corrected chi connectivity index (χ0v) is 12.2. The first kappa shape index (κ1) is 14.3. The third-order valence-electron chi connectivity index (χ3n) is 3.24. The number of nitrogens with two attached hydrogens (primary N) is 1. The zero-order chi connectivity index (χ0) is 16.4. The number of nitrogen functional groups attached to an aromatic ring is 1. The fourth-order valence-electron chi connectivity index (χ4n) is 2.11. The number of nitriles is 2. The van der Waals surface area contributed by atoms with Crippen molar-refractivity contribution in [2.24, 2.45) is 0 Å². The number of aromatic nitrogens is 4. The molecule has 0 aliphatic carbocycles. The SMILES string of the molecule is CC(C#N)Nc1cc(-n2ncc3cc(C#N)cnc32)ncc1N. The summed E-state index contributed by atoms with van der Waals surface area (Å²) in [5.74, 6) is 0.513. The Morgan fingerprint density at radius 1 is 1.22 bits per heavy atom. The second-order valence-electron chi connectivity index (χ2n) is 4.93. The van der Waals surface area contributed by atoms with Crippen molar-refractivity contribution in [2.75, 3.05) is 11.1 Å². The highest BCUT2D eigenvalue weighted by Gasteiger charge is 2.11. The second kappa shape index (κ2) is 5.62. The predicted molar refractivity (Wildman–Crippen MR) is 84.5 cm³/mol. The quantitative estimate of drug-likeness (QED) is 0.751. The van der Waals surface area contributed by atoms with Gasteiger partial charge in [-0.3, -0.25) is 0 Å². The van der Waals surface area contributed by atoms with Crippen LogP contribution in [0.2, 0.25) is 0 Å². The number of anilines is 2. The summed E-state index contributed by atoms with van der Waals surface area (Å²) < 4.78 is 1.55. The van der Waals surface area contributed by atoms with E-state index in [2.05, 4.69) is 26.5 Å². The summed E-state index contributed by atoms with van der Waals surface area (Å²) in [5.41, 5.74) is 7.97. The van der Waals surface area contributed by atoms with Gasteiger partial charge >= 0.3 is 0 Å². The van der Waals surface area contributed by atoms with Gasteiger partial charge in [0.15, 0.2) is 11.5 Å². The molecule has 0 radical (unpaired) electrons. The molecule has 3 rings (SSSR count). The van der Waals surface area contributed by atoms with Gasteiger partial charge in [0.1, 0.15) is 12.1 Å². The molecule has 3 N–H and O–H groups in total. The van der Waals surface area contributed by atoms with Gasteiger partial charge in [-0.25, -0.2) is 9.97 Å². The second-order valence-corrected chi connectivity index (χ2v) is 4.93. The minimum Gasteiger partial charge on any atom is -0.396 e. The van der Waals surface area contributed by atoms with Crippen molar-refractivity contribution in [2.45, 2.75) is 13.0 Å². The molecular weight excluding hydrogens is 292 g/mol. The van der Waals surface area contributed by atoms with Gasteiger partial charge < -0.3 is 11.1 Å². The van der Waals surface area contributed by atoms with Crippen LogP contribution in [0.5, 0.6) is 0 Å². The Morgan fingerprint density at radius 3 is 2.78 bits per heavy atom. The van der Waals surface area contributed by atoms with E-state index in [0.29, 0.717) is 28.4 Å². The summed E-state index contributed by atoms with van der Waals surface area (Å²) in [7, 11) is 0. The minimum absolute atomic E-state index is 0.391. The number of hydrogen-bond donors (Lipinski definition) is 2. The Balaban J connectivity index is 2.07. The predicted octanol–water partition coefficient (Wildman–Crippen LogP) is 1.59. The van der Waals surface area contributed by atoms with Crippen LogP contribution < -0.4 is 11.1 Å². The molecule has 3 heterocycles. The highest BCUT2D eigenvalue weighted by Crippen LogP contribution is 2.23. The molecule has 0 saturated carbocycles. The molecule has 0 aliphatic heterocycles. The molecule has 1 atom stereocenters. The van der Waals surface area contributed by atoms with E-state index in [1.807, 2.05) is 6.07 Å². The first-order chi connectivity index (χ1) is 11.1. The van der Waals surface area contributed by atoms with Gasteiger partial charge in [-0.15, -0.1) is 0 Å². The van der Waals surface area contributed by atoms with Gasteiger partial charge in [0, 0.05) is 17.6 Å². The van der Waals surface area contributed by atoms with Crippen LogP contribution in [0.4, 0.5) is 11.4 Å². The van der Waals surface area contributed by atoms with Gasteiger partial charge in [-0.05, 0) is 13.0 Å². The molecule has 8 nitrogen and oxygen atoms in total. The van der Waals surface area contributed by atoms with Gasteiger partial charge in [0.05, 0.1) is 35.4 Å². The summed E-state index contributed by atoms with van der Waals surface area (Å²) >= 11 is 0. The Kier molecular flexibility index (Phi) is 3.49. The fourth-order valence-corrected chi connectivity index (χ4v) is 2.11. The molecule has 0 bridgehead atoms. The molecule has 0 aromatic carbocycles. The smallest absolute Gasteiger partial charge is 0.164 e. The Morgan fingerprint density at radius 2 is 2.04 bits per heavy atom. The Hall–Kier alpha value is -3.65. The van der Waals surface area contributed by atoms with Crippen LogP contribution in [0.3, 0.4) is 0 Å². The molecular formula is C15H12N8. The van der Waals surface area contributed by atoms with Gasteiger partial charge in [-0.2, -0.15) is 20.3 Å². The van der Waals surface area contributed by atoms with E-state index in [1.165, 1.54) is 12.4 Å². The summed E-state index contributed by atoms with van der Waals surface area (Å²) in [6, 6.07) is 7.15.